The lowest BCUT2D eigenvalue weighted by Crippen LogP contribution is -2.36. The number of thioether (sulfide) groups is 1. The predicted octanol–water partition coefficient (Wildman–Crippen LogP) is 5.74. The van der Waals surface area contributed by atoms with Crippen LogP contribution in [0.1, 0.15) is 24.5 Å². The monoisotopic (exact) mass is 616 g/mol. The molecule has 0 bridgehead atoms. The topological polar surface area (TPSA) is 92.6 Å². The summed E-state index contributed by atoms with van der Waals surface area (Å²) in [6, 6.07) is 9.60. The second-order valence-electron chi connectivity index (χ2n) is 10.1. The number of aromatic amines is 1. The van der Waals surface area contributed by atoms with Gasteiger partial charge in [-0.15, -0.1) is 0 Å². The lowest BCUT2D eigenvalue weighted by Gasteiger charge is -2.27. The molecule has 2 atom stereocenters. The molecule has 0 spiro atoms. The van der Waals surface area contributed by atoms with Crippen LogP contribution in [0.5, 0.6) is 11.5 Å². The normalized spacial score (nSPS) is 21.6. The summed E-state index contributed by atoms with van der Waals surface area (Å²) in [5, 5.41) is 7.00. The molecule has 1 fully saturated rings. The van der Waals surface area contributed by atoms with E-state index in [0.717, 1.165) is 12.1 Å². The number of aromatic nitrogens is 2. The van der Waals surface area contributed by atoms with Crippen LogP contribution in [-0.4, -0.2) is 54.6 Å². The molecule has 2 aliphatic heterocycles. The van der Waals surface area contributed by atoms with Crippen molar-refractivity contribution in [3.05, 3.63) is 74.7 Å². The van der Waals surface area contributed by atoms with Crippen molar-refractivity contribution in [1.82, 2.24) is 20.4 Å². The fraction of sp³-hybridized carbons (Fsp3) is 0.407. The summed E-state index contributed by atoms with van der Waals surface area (Å²) in [6.45, 7) is 2.13. The van der Waals surface area contributed by atoms with Gasteiger partial charge in [0.2, 0.25) is 0 Å². The summed E-state index contributed by atoms with van der Waals surface area (Å²) in [7, 11) is 1.43. The van der Waals surface area contributed by atoms with Gasteiger partial charge in [-0.2, -0.15) is 26.3 Å². The van der Waals surface area contributed by atoms with Crippen molar-refractivity contribution in [2.24, 2.45) is 5.92 Å². The zero-order valence-corrected chi connectivity index (χ0v) is 23.2. The van der Waals surface area contributed by atoms with Crippen LogP contribution in [0.3, 0.4) is 0 Å². The molecule has 0 radical (unpaired) electrons. The number of alkyl halides is 6. The SMILES string of the molecule is COc1cc(OCC2=C(CN3CCC(C(F)(F)F)C3)NC(C)(c3ccc(C(F)(F)F)cc3)S2)ccc1-c1noc(=O)[nH]1. The minimum absolute atomic E-state index is 0.00510. The van der Waals surface area contributed by atoms with Gasteiger partial charge in [-0.1, -0.05) is 29.1 Å². The quantitative estimate of drug-likeness (QED) is 0.310. The number of ether oxygens (including phenoxy) is 2. The number of nitrogens with zero attached hydrogens (tertiary/aromatic N) is 2. The van der Waals surface area contributed by atoms with Crippen molar-refractivity contribution in [2.45, 2.75) is 30.6 Å². The first-order chi connectivity index (χ1) is 19.7. The summed E-state index contributed by atoms with van der Waals surface area (Å²) < 4.78 is 95.3. The lowest BCUT2D eigenvalue weighted by atomic mass is 10.0. The van der Waals surface area contributed by atoms with E-state index in [9.17, 15) is 31.1 Å². The average molecular weight is 617 g/mol. The van der Waals surface area contributed by atoms with Crippen molar-refractivity contribution >= 4 is 11.8 Å². The van der Waals surface area contributed by atoms with Gasteiger partial charge in [0.05, 0.1) is 24.2 Å². The van der Waals surface area contributed by atoms with Gasteiger partial charge in [0.1, 0.15) is 23.0 Å². The highest BCUT2D eigenvalue weighted by atomic mass is 32.2. The number of rotatable bonds is 8. The number of hydrogen-bond donors (Lipinski definition) is 2. The van der Waals surface area contributed by atoms with Crippen molar-refractivity contribution in [2.75, 3.05) is 33.4 Å². The zero-order valence-electron chi connectivity index (χ0n) is 22.4. The molecule has 2 aliphatic rings. The van der Waals surface area contributed by atoms with Crippen molar-refractivity contribution in [3.8, 4) is 22.9 Å². The number of nitrogens with one attached hydrogen (secondary N) is 2. The lowest BCUT2D eigenvalue weighted by molar-refractivity contribution is -0.170. The minimum Gasteiger partial charge on any atom is -0.496 e. The Morgan fingerprint density at radius 3 is 2.48 bits per heavy atom. The summed E-state index contributed by atoms with van der Waals surface area (Å²) >= 11 is 1.33. The first-order valence-electron chi connectivity index (χ1n) is 12.8. The molecule has 0 aliphatic carbocycles. The first-order valence-corrected chi connectivity index (χ1v) is 13.6. The Morgan fingerprint density at radius 1 is 1.14 bits per heavy atom. The van der Waals surface area contributed by atoms with E-state index in [-0.39, 0.29) is 38.5 Å². The third-order valence-corrected chi connectivity index (χ3v) is 8.53. The standard InChI is InChI=1S/C27H26F6N4O4S/c1-25(15-3-5-16(6-4-15)26(28,29)30)35-20(13-37-10-9-17(12-37)27(31,32)33)22(42-25)14-40-18-7-8-19(21(11-18)39-2)23-34-24(38)41-36-23/h3-8,11,17,35H,9-10,12-14H2,1-2H3,(H,34,36,38). The average Bonchev–Trinajstić information content (AvgIpc) is 3.66. The highest BCUT2D eigenvalue weighted by molar-refractivity contribution is 8.04. The summed E-state index contributed by atoms with van der Waals surface area (Å²) in [4.78, 5) is 15.3. The smallest absolute Gasteiger partial charge is 0.439 e. The van der Waals surface area contributed by atoms with Crippen LogP contribution in [0.4, 0.5) is 26.3 Å². The molecule has 3 heterocycles. The van der Waals surface area contributed by atoms with Crippen LogP contribution in [0.2, 0.25) is 0 Å². The molecule has 3 aromatic rings. The third-order valence-electron chi connectivity index (χ3n) is 7.17. The molecular weight excluding hydrogens is 590 g/mol. The molecule has 42 heavy (non-hydrogen) atoms. The maximum absolute atomic E-state index is 13.3. The number of likely N-dealkylation sites (tertiary alicyclic amines) is 1. The van der Waals surface area contributed by atoms with Crippen LogP contribution >= 0.6 is 11.8 Å². The molecule has 5 rings (SSSR count). The van der Waals surface area contributed by atoms with Gasteiger partial charge >= 0.3 is 18.1 Å². The summed E-state index contributed by atoms with van der Waals surface area (Å²) in [5.41, 5.74) is 0.872. The zero-order chi connectivity index (χ0) is 30.3. The number of hydrogen-bond acceptors (Lipinski definition) is 8. The van der Waals surface area contributed by atoms with E-state index in [4.69, 9.17) is 9.47 Å². The van der Waals surface area contributed by atoms with Crippen LogP contribution in [0.25, 0.3) is 11.4 Å². The Balaban J connectivity index is 1.37. The Morgan fingerprint density at radius 2 is 1.88 bits per heavy atom. The maximum atomic E-state index is 13.3. The van der Waals surface area contributed by atoms with Crippen molar-refractivity contribution < 1.29 is 40.3 Å². The fourth-order valence-corrected chi connectivity index (χ4v) is 6.24. The van der Waals surface area contributed by atoms with Gasteiger partial charge in [-0.25, -0.2) is 4.79 Å². The molecule has 0 saturated carbocycles. The Labute approximate surface area is 240 Å². The third kappa shape index (κ3) is 6.41. The first kappa shape index (κ1) is 29.9. The van der Waals surface area contributed by atoms with Gasteiger partial charge in [0, 0.05) is 29.8 Å². The molecule has 0 amide bonds. The predicted molar refractivity (Wildman–Crippen MR) is 142 cm³/mol. The molecule has 1 saturated heterocycles. The van der Waals surface area contributed by atoms with E-state index in [1.165, 1.54) is 31.0 Å². The second-order valence-corrected chi connectivity index (χ2v) is 11.6. The number of halogens is 6. The number of benzene rings is 2. The van der Waals surface area contributed by atoms with Crippen molar-refractivity contribution in [3.63, 3.8) is 0 Å². The van der Waals surface area contributed by atoms with Crippen LogP contribution in [0.15, 0.2) is 62.4 Å². The maximum Gasteiger partial charge on any atom is 0.439 e. The van der Waals surface area contributed by atoms with E-state index in [2.05, 4.69) is 20.0 Å². The Bertz CT molecular complexity index is 1520. The van der Waals surface area contributed by atoms with E-state index in [1.54, 1.807) is 30.0 Å². The Hall–Kier alpha value is -3.59. The van der Waals surface area contributed by atoms with Gasteiger partial charge in [0.25, 0.3) is 0 Å². The Kier molecular flexibility index (Phi) is 8.00. The minimum atomic E-state index is -4.48. The largest absolute Gasteiger partial charge is 0.496 e. The van der Waals surface area contributed by atoms with Crippen LogP contribution in [-0.2, 0) is 11.0 Å². The van der Waals surface area contributed by atoms with Crippen molar-refractivity contribution in [1.29, 1.82) is 0 Å². The summed E-state index contributed by atoms with van der Waals surface area (Å²) in [6.07, 6.45) is -8.77. The molecule has 2 aromatic carbocycles. The van der Waals surface area contributed by atoms with E-state index in [0.29, 0.717) is 33.2 Å². The van der Waals surface area contributed by atoms with Gasteiger partial charge in [-0.3, -0.25) is 14.4 Å². The molecule has 2 unspecified atom stereocenters. The van der Waals surface area contributed by atoms with Gasteiger partial charge in [-0.05, 0) is 49.7 Å². The molecule has 15 heteroatoms. The molecular formula is C27H26F6N4O4S. The van der Waals surface area contributed by atoms with E-state index < -0.39 is 34.5 Å². The molecule has 1 aromatic heterocycles. The van der Waals surface area contributed by atoms with Gasteiger partial charge in [0.15, 0.2) is 5.82 Å². The van der Waals surface area contributed by atoms with Gasteiger partial charge < -0.3 is 14.8 Å². The molecule has 226 valence electrons. The fourth-order valence-electron chi connectivity index (χ4n) is 4.96. The van der Waals surface area contributed by atoms with Crippen LogP contribution < -0.4 is 20.5 Å². The molecule has 8 nitrogen and oxygen atoms in total. The van der Waals surface area contributed by atoms with Crippen LogP contribution in [0, 0.1) is 5.92 Å². The summed E-state index contributed by atoms with van der Waals surface area (Å²) in [5.74, 6) is -1.24. The van der Waals surface area contributed by atoms with E-state index in [1.807, 2.05) is 0 Å². The number of methoxy groups -OCH3 is 1. The highest BCUT2D eigenvalue weighted by Crippen LogP contribution is 2.47. The second kappa shape index (κ2) is 11.2. The number of H-pyrrole nitrogens is 1. The van der Waals surface area contributed by atoms with E-state index >= 15 is 0 Å². The molecule has 2 N–H and O–H groups in total. The highest BCUT2D eigenvalue weighted by Gasteiger charge is 2.45.